The predicted octanol–water partition coefficient (Wildman–Crippen LogP) is 2.86. The molecule has 0 fully saturated rings. The van der Waals surface area contributed by atoms with Gasteiger partial charge in [-0.15, -0.1) is 0 Å². The van der Waals surface area contributed by atoms with Gasteiger partial charge < -0.3 is 19.8 Å². The number of rotatable bonds is 6. The van der Waals surface area contributed by atoms with E-state index in [-0.39, 0.29) is 0 Å². The summed E-state index contributed by atoms with van der Waals surface area (Å²) < 4.78 is 10.5. The van der Waals surface area contributed by atoms with Gasteiger partial charge in [0.2, 0.25) is 0 Å². The number of H-pyrrole nitrogens is 1. The van der Waals surface area contributed by atoms with Crippen LogP contribution in [0.1, 0.15) is 12.6 Å². The molecule has 0 saturated carbocycles. The molecule has 1 heterocycles. The lowest BCUT2D eigenvalue weighted by molar-refractivity contribution is 0.355. The van der Waals surface area contributed by atoms with Crippen molar-refractivity contribution in [2.24, 2.45) is 0 Å². The summed E-state index contributed by atoms with van der Waals surface area (Å²) in [4.78, 5) is 7.61. The quantitative estimate of drug-likeness (QED) is 0.860. The van der Waals surface area contributed by atoms with E-state index >= 15 is 0 Å². The number of halogens is 1. The molecule has 0 aliphatic carbocycles. The maximum atomic E-state index is 6.19. The van der Waals surface area contributed by atoms with Crippen molar-refractivity contribution in [2.75, 3.05) is 20.8 Å². The van der Waals surface area contributed by atoms with Gasteiger partial charge in [-0.3, -0.25) is 0 Å². The van der Waals surface area contributed by atoms with Crippen LogP contribution in [-0.2, 0) is 6.54 Å². The Labute approximate surface area is 123 Å². The summed E-state index contributed by atoms with van der Waals surface area (Å²) in [5.41, 5.74) is 1.88. The Bertz CT molecular complexity index is 584. The fourth-order valence-electron chi connectivity index (χ4n) is 1.91. The van der Waals surface area contributed by atoms with Crippen LogP contribution in [0.25, 0.3) is 11.4 Å². The predicted molar refractivity (Wildman–Crippen MR) is 79.5 cm³/mol. The fraction of sp³-hybridized carbons (Fsp3) is 0.357. The molecule has 0 radical (unpaired) electrons. The maximum absolute atomic E-state index is 6.19. The highest BCUT2D eigenvalue weighted by Gasteiger charge is 2.13. The van der Waals surface area contributed by atoms with Gasteiger partial charge in [0.1, 0.15) is 5.82 Å². The topological polar surface area (TPSA) is 59.2 Å². The molecule has 1 aromatic heterocycles. The molecular weight excluding hydrogens is 278 g/mol. The first-order valence-corrected chi connectivity index (χ1v) is 6.73. The summed E-state index contributed by atoms with van der Waals surface area (Å²) in [5, 5.41) is 3.73. The minimum absolute atomic E-state index is 0.492. The molecule has 2 N–H and O–H groups in total. The largest absolute Gasteiger partial charge is 0.493 e. The van der Waals surface area contributed by atoms with Gasteiger partial charge in [-0.1, -0.05) is 18.5 Å². The van der Waals surface area contributed by atoms with Crippen LogP contribution in [0.3, 0.4) is 0 Å². The second-order valence-electron chi connectivity index (χ2n) is 4.23. The summed E-state index contributed by atoms with van der Waals surface area (Å²) >= 11 is 6.19. The third-order valence-electron chi connectivity index (χ3n) is 2.90. The Morgan fingerprint density at radius 1 is 1.30 bits per heavy atom. The van der Waals surface area contributed by atoms with E-state index in [1.807, 2.05) is 12.3 Å². The van der Waals surface area contributed by atoms with Crippen molar-refractivity contribution in [3.05, 3.63) is 29.0 Å². The SMILES string of the molecule is CCNCc1cnc(-c2cc(Cl)c(OC)c(OC)c2)[nH]1. The van der Waals surface area contributed by atoms with Crippen LogP contribution in [0.5, 0.6) is 11.5 Å². The van der Waals surface area contributed by atoms with E-state index < -0.39 is 0 Å². The lowest BCUT2D eigenvalue weighted by Crippen LogP contribution is -2.11. The van der Waals surface area contributed by atoms with Crippen molar-refractivity contribution in [3.8, 4) is 22.9 Å². The second kappa shape index (κ2) is 6.63. The number of methoxy groups -OCH3 is 2. The van der Waals surface area contributed by atoms with Crippen LogP contribution >= 0.6 is 11.6 Å². The molecule has 0 spiro atoms. The molecule has 0 saturated heterocycles. The lowest BCUT2D eigenvalue weighted by atomic mass is 10.2. The van der Waals surface area contributed by atoms with Crippen LogP contribution in [0.15, 0.2) is 18.3 Å². The average Bonchev–Trinajstić information content (AvgIpc) is 2.93. The van der Waals surface area contributed by atoms with Gasteiger partial charge in [-0.25, -0.2) is 4.98 Å². The van der Waals surface area contributed by atoms with Crippen molar-refractivity contribution in [1.29, 1.82) is 0 Å². The third kappa shape index (κ3) is 3.05. The Morgan fingerprint density at radius 3 is 2.75 bits per heavy atom. The normalized spacial score (nSPS) is 10.6. The summed E-state index contributed by atoms with van der Waals surface area (Å²) in [6.45, 7) is 3.73. The van der Waals surface area contributed by atoms with E-state index in [2.05, 4.69) is 22.2 Å². The van der Waals surface area contributed by atoms with Gasteiger partial charge in [-0.2, -0.15) is 0 Å². The summed E-state index contributed by atoms with van der Waals surface area (Å²) in [6.07, 6.45) is 1.81. The Hall–Kier alpha value is -1.72. The van der Waals surface area contributed by atoms with Gasteiger partial charge >= 0.3 is 0 Å². The summed E-state index contributed by atoms with van der Waals surface area (Å²) in [6, 6.07) is 3.65. The zero-order chi connectivity index (χ0) is 14.5. The third-order valence-corrected chi connectivity index (χ3v) is 3.18. The first-order chi connectivity index (χ1) is 9.69. The monoisotopic (exact) mass is 295 g/mol. The molecule has 0 atom stereocenters. The zero-order valence-corrected chi connectivity index (χ0v) is 12.5. The van der Waals surface area contributed by atoms with Crippen molar-refractivity contribution in [1.82, 2.24) is 15.3 Å². The van der Waals surface area contributed by atoms with Crippen molar-refractivity contribution >= 4 is 11.6 Å². The van der Waals surface area contributed by atoms with E-state index in [1.165, 1.54) is 0 Å². The van der Waals surface area contributed by atoms with Crippen LogP contribution in [0, 0.1) is 0 Å². The lowest BCUT2D eigenvalue weighted by Gasteiger charge is -2.10. The van der Waals surface area contributed by atoms with Crippen LogP contribution in [-0.4, -0.2) is 30.7 Å². The highest BCUT2D eigenvalue weighted by molar-refractivity contribution is 6.32. The Morgan fingerprint density at radius 2 is 2.10 bits per heavy atom. The number of nitrogens with one attached hydrogen (secondary N) is 2. The van der Waals surface area contributed by atoms with E-state index in [4.69, 9.17) is 21.1 Å². The first-order valence-electron chi connectivity index (χ1n) is 6.36. The number of aromatic nitrogens is 2. The van der Waals surface area contributed by atoms with Crippen LogP contribution in [0.4, 0.5) is 0 Å². The number of benzene rings is 1. The standard InChI is InChI=1S/C14H18ClN3O2/c1-4-16-7-10-8-17-14(18-10)9-5-11(15)13(20-3)12(6-9)19-2/h5-6,8,16H,4,7H2,1-3H3,(H,17,18). The minimum atomic E-state index is 0.492. The number of hydrogen-bond acceptors (Lipinski definition) is 4. The summed E-state index contributed by atoms with van der Waals surface area (Å²) in [5.74, 6) is 1.86. The van der Waals surface area contributed by atoms with Gasteiger partial charge in [0.25, 0.3) is 0 Å². The van der Waals surface area contributed by atoms with Crippen molar-refractivity contribution in [2.45, 2.75) is 13.5 Å². The zero-order valence-electron chi connectivity index (χ0n) is 11.8. The smallest absolute Gasteiger partial charge is 0.179 e. The average molecular weight is 296 g/mol. The van der Waals surface area contributed by atoms with Gasteiger partial charge in [0.05, 0.1) is 19.2 Å². The molecule has 20 heavy (non-hydrogen) atoms. The van der Waals surface area contributed by atoms with Gasteiger partial charge in [0, 0.05) is 24.0 Å². The molecule has 0 amide bonds. The summed E-state index contributed by atoms with van der Waals surface area (Å²) in [7, 11) is 3.14. The molecule has 2 aromatic rings. The molecule has 5 nitrogen and oxygen atoms in total. The number of hydrogen-bond donors (Lipinski definition) is 2. The molecule has 0 aliphatic heterocycles. The molecule has 2 rings (SSSR count). The number of nitrogens with zero attached hydrogens (tertiary/aromatic N) is 1. The fourth-order valence-corrected chi connectivity index (χ4v) is 2.20. The van der Waals surface area contributed by atoms with Crippen molar-refractivity contribution in [3.63, 3.8) is 0 Å². The van der Waals surface area contributed by atoms with Crippen LogP contribution in [0.2, 0.25) is 5.02 Å². The van der Waals surface area contributed by atoms with E-state index in [0.717, 1.165) is 30.2 Å². The molecule has 1 aromatic carbocycles. The molecule has 108 valence electrons. The molecule has 6 heteroatoms. The van der Waals surface area contributed by atoms with Gasteiger partial charge in [0.15, 0.2) is 11.5 Å². The number of aromatic amines is 1. The number of ether oxygens (including phenoxy) is 2. The molecule has 0 aliphatic rings. The molecule has 0 bridgehead atoms. The second-order valence-corrected chi connectivity index (χ2v) is 4.64. The molecule has 0 unspecified atom stereocenters. The maximum Gasteiger partial charge on any atom is 0.179 e. The highest BCUT2D eigenvalue weighted by atomic mass is 35.5. The Kier molecular flexibility index (Phi) is 4.87. The van der Waals surface area contributed by atoms with E-state index in [9.17, 15) is 0 Å². The van der Waals surface area contributed by atoms with E-state index in [1.54, 1.807) is 20.3 Å². The van der Waals surface area contributed by atoms with Crippen LogP contribution < -0.4 is 14.8 Å². The molecular formula is C14H18ClN3O2. The van der Waals surface area contributed by atoms with Crippen molar-refractivity contribution < 1.29 is 9.47 Å². The Balaban J connectivity index is 2.32. The minimum Gasteiger partial charge on any atom is -0.493 e. The number of imidazole rings is 1. The van der Waals surface area contributed by atoms with E-state index in [0.29, 0.717) is 16.5 Å². The highest BCUT2D eigenvalue weighted by Crippen LogP contribution is 2.38. The first kappa shape index (κ1) is 14.7. The van der Waals surface area contributed by atoms with Gasteiger partial charge in [-0.05, 0) is 18.7 Å².